The van der Waals surface area contributed by atoms with Crippen molar-refractivity contribution in [2.75, 3.05) is 39.4 Å². The number of aliphatic hydroxyl groups excluding tert-OH is 1. The first-order chi connectivity index (χ1) is 16.9. The Morgan fingerprint density at radius 2 is 1.60 bits per heavy atom. The predicted octanol–water partition coefficient (Wildman–Crippen LogP) is 4.41. The van der Waals surface area contributed by atoms with E-state index in [1.54, 1.807) is 47.4 Å². The molecule has 186 valence electrons. The highest BCUT2D eigenvalue weighted by molar-refractivity contribution is 6.46. The Morgan fingerprint density at radius 1 is 1.00 bits per heavy atom. The summed E-state index contributed by atoms with van der Waals surface area (Å²) < 4.78 is 11.1. The average molecular weight is 479 g/mol. The number of ketones is 1. The van der Waals surface area contributed by atoms with E-state index in [-0.39, 0.29) is 11.3 Å². The SMILES string of the molecule is C=CCOc1ccc([C@@H]2/C(=C(\O)c3ccc(OCC)cc3)C(=O)C(=O)N2CCN(CC)CC)cc1. The fourth-order valence-electron chi connectivity index (χ4n) is 4.18. The standard InChI is InChI=1S/C28H34N2O5/c1-5-19-35-23-13-9-20(10-14-23)25-24(26(31)21-11-15-22(16-12-21)34-8-4)27(32)28(33)30(25)18-17-29(6-2)7-3/h5,9-16,25,31H,1,6-8,17-19H2,2-4H3/b26-24+/t25-/m1/s1. The second kappa shape index (κ2) is 12.2. The molecule has 1 amide bonds. The van der Waals surface area contributed by atoms with E-state index in [4.69, 9.17) is 9.47 Å². The van der Waals surface area contributed by atoms with Crippen molar-refractivity contribution >= 4 is 17.4 Å². The van der Waals surface area contributed by atoms with Gasteiger partial charge < -0.3 is 24.4 Å². The number of hydrogen-bond donors (Lipinski definition) is 1. The van der Waals surface area contributed by atoms with Gasteiger partial charge in [0, 0.05) is 18.7 Å². The van der Waals surface area contributed by atoms with Gasteiger partial charge in [-0.1, -0.05) is 38.6 Å². The monoisotopic (exact) mass is 478 g/mol. The van der Waals surface area contributed by atoms with Gasteiger partial charge in [-0.3, -0.25) is 9.59 Å². The minimum absolute atomic E-state index is 0.0819. The van der Waals surface area contributed by atoms with Crippen molar-refractivity contribution < 1.29 is 24.2 Å². The number of Topliss-reactive ketones (excluding diaryl/α,β-unsaturated/α-hetero) is 1. The van der Waals surface area contributed by atoms with Crippen LogP contribution in [0.4, 0.5) is 0 Å². The maximum atomic E-state index is 13.2. The van der Waals surface area contributed by atoms with Gasteiger partial charge in [-0.05, 0) is 62.0 Å². The lowest BCUT2D eigenvalue weighted by atomic mass is 9.95. The van der Waals surface area contributed by atoms with E-state index < -0.39 is 17.7 Å². The summed E-state index contributed by atoms with van der Waals surface area (Å²) in [6.07, 6.45) is 1.66. The summed E-state index contributed by atoms with van der Waals surface area (Å²) in [6, 6.07) is 13.4. The lowest BCUT2D eigenvalue weighted by molar-refractivity contribution is -0.140. The van der Waals surface area contributed by atoms with E-state index in [9.17, 15) is 14.7 Å². The third kappa shape index (κ3) is 5.92. The molecule has 0 unspecified atom stereocenters. The number of hydrogen-bond acceptors (Lipinski definition) is 6. The van der Waals surface area contributed by atoms with E-state index >= 15 is 0 Å². The molecule has 7 nitrogen and oxygen atoms in total. The fourth-order valence-corrected chi connectivity index (χ4v) is 4.18. The summed E-state index contributed by atoms with van der Waals surface area (Å²) >= 11 is 0. The van der Waals surface area contributed by atoms with Gasteiger partial charge in [0.2, 0.25) is 0 Å². The average Bonchev–Trinajstić information content (AvgIpc) is 3.13. The van der Waals surface area contributed by atoms with Crippen LogP contribution in [0.1, 0.15) is 37.9 Å². The van der Waals surface area contributed by atoms with Gasteiger partial charge in [-0.15, -0.1) is 0 Å². The molecule has 0 bridgehead atoms. The van der Waals surface area contributed by atoms with Crippen molar-refractivity contribution in [3.8, 4) is 11.5 Å². The van der Waals surface area contributed by atoms with Crippen LogP contribution >= 0.6 is 0 Å². The number of amides is 1. The van der Waals surface area contributed by atoms with Crippen LogP contribution in [-0.4, -0.2) is 66.0 Å². The molecule has 0 aromatic heterocycles. The van der Waals surface area contributed by atoms with Gasteiger partial charge in [0.15, 0.2) is 0 Å². The number of likely N-dealkylation sites (tertiary alicyclic amines) is 1. The van der Waals surface area contributed by atoms with Crippen LogP contribution in [0.15, 0.2) is 66.8 Å². The van der Waals surface area contributed by atoms with E-state index in [1.165, 1.54) is 0 Å². The zero-order chi connectivity index (χ0) is 25.4. The molecule has 1 atom stereocenters. The van der Waals surface area contributed by atoms with E-state index in [1.807, 2.05) is 19.1 Å². The molecule has 35 heavy (non-hydrogen) atoms. The molecule has 0 radical (unpaired) electrons. The molecule has 1 fully saturated rings. The summed E-state index contributed by atoms with van der Waals surface area (Å²) in [5.41, 5.74) is 1.26. The third-order valence-electron chi connectivity index (χ3n) is 6.09. The summed E-state index contributed by atoms with van der Waals surface area (Å²) in [4.78, 5) is 30.1. The number of rotatable bonds is 12. The van der Waals surface area contributed by atoms with Gasteiger partial charge in [-0.25, -0.2) is 0 Å². The quantitative estimate of drug-likeness (QED) is 0.211. The molecule has 0 saturated carbocycles. The molecular formula is C28H34N2O5. The van der Waals surface area contributed by atoms with Crippen molar-refractivity contribution in [1.29, 1.82) is 0 Å². The highest BCUT2D eigenvalue weighted by atomic mass is 16.5. The first-order valence-corrected chi connectivity index (χ1v) is 12.0. The van der Waals surface area contributed by atoms with Crippen LogP contribution in [0, 0.1) is 0 Å². The molecule has 7 heteroatoms. The van der Waals surface area contributed by atoms with Gasteiger partial charge in [0.1, 0.15) is 23.9 Å². The summed E-state index contributed by atoms with van der Waals surface area (Å²) in [7, 11) is 0. The first-order valence-electron chi connectivity index (χ1n) is 12.0. The Labute approximate surface area is 207 Å². The van der Waals surface area contributed by atoms with Crippen LogP contribution in [0.25, 0.3) is 5.76 Å². The van der Waals surface area contributed by atoms with Crippen LogP contribution in [0.2, 0.25) is 0 Å². The minimum Gasteiger partial charge on any atom is -0.507 e. The van der Waals surface area contributed by atoms with Crippen molar-refractivity contribution in [3.05, 3.63) is 77.9 Å². The van der Waals surface area contributed by atoms with E-state index in [2.05, 4.69) is 25.3 Å². The van der Waals surface area contributed by atoms with Gasteiger partial charge in [0.25, 0.3) is 11.7 Å². The lowest BCUT2D eigenvalue weighted by Crippen LogP contribution is -2.38. The van der Waals surface area contributed by atoms with Crippen molar-refractivity contribution in [2.45, 2.75) is 26.8 Å². The van der Waals surface area contributed by atoms with Gasteiger partial charge >= 0.3 is 0 Å². The van der Waals surface area contributed by atoms with E-state index in [0.29, 0.717) is 43.4 Å². The van der Waals surface area contributed by atoms with Gasteiger partial charge in [0.05, 0.1) is 18.2 Å². The normalized spacial score (nSPS) is 17.1. The molecule has 1 aliphatic heterocycles. The van der Waals surface area contributed by atoms with Crippen LogP contribution in [0.5, 0.6) is 11.5 Å². The molecule has 0 aliphatic carbocycles. The predicted molar refractivity (Wildman–Crippen MR) is 137 cm³/mol. The number of benzene rings is 2. The Kier molecular flexibility index (Phi) is 9.09. The Balaban J connectivity index is 2.03. The minimum atomic E-state index is -0.703. The molecule has 2 aromatic carbocycles. The molecule has 1 aliphatic rings. The maximum absolute atomic E-state index is 13.2. The topological polar surface area (TPSA) is 79.3 Å². The molecular weight excluding hydrogens is 444 g/mol. The molecule has 2 aromatic rings. The van der Waals surface area contributed by atoms with Crippen molar-refractivity contribution in [3.63, 3.8) is 0 Å². The molecule has 1 heterocycles. The number of carbonyl (C=O) groups is 2. The molecule has 1 N–H and O–H groups in total. The number of nitrogens with zero attached hydrogens (tertiary/aromatic N) is 2. The lowest BCUT2D eigenvalue weighted by Gasteiger charge is -2.28. The van der Waals surface area contributed by atoms with Crippen LogP contribution in [0.3, 0.4) is 0 Å². The van der Waals surface area contributed by atoms with Crippen molar-refractivity contribution in [1.82, 2.24) is 9.80 Å². The van der Waals surface area contributed by atoms with Crippen LogP contribution in [-0.2, 0) is 9.59 Å². The molecule has 3 rings (SSSR count). The zero-order valence-electron chi connectivity index (χ0n) is 20.7. The number of carbonyl (C=O) groups excluding carboxylic acids is 2. The van der Waals surface area contributed by atoms with E-state index in [0.717, 1.165) is 18.7 Å². The Bertz CT molecular complexity index is 1060. The Morgan fingerprint density at radius 3 is 2.17 bits per heavy atom. The fraction of sp³-hybridized carbons (Fsp3) is 0.357. The maximum Gasteiger partial charge on any atom is 0.295 e. The highest BCUT2D eigenvalue weighted by Gasteiger charge is 2.45. The highest BCUT2D eigenvalue weighted by Crippen LogP contribution is 2.39. The molecule has 1 saturated heterocycles. The number of ether oxygens (including phenoxy) is 2. The smallest absolute Gasteiger partial charge is 0.295 e. The third-order valence-corrected chi connectivity index (χ3v) is 6.09. The second-order valence-corrected chi connectivity index (χ2v) is 8.15. The summed E-state index contributed by atoms with van der Waals surface area (Å²) in [5, 5.41) is 11.2. The summed E-state index contributed by atoms with van der Waals surface area (Å²) in [5.74, 6) is -0.182. The first kappa shape index (κ1) is 26.0. The largest absolute Gasteiger partial charge is 0.507 e. The van der Waals surface area contributed by atoms with Crippen LogP contribution < -0.4 is 9.47 Å². The number of aliphatic hydroxyl groups is 1. The number of likely N-dealkylation sites (N-methyl/N-ethyl adjacent to an activating group) is 1. The molecule has 0 spiro atoms. The Hall–Kier alpha value is -3.58. The van der Waals surface area contributed by atoms with Gasteiger partial charge in [-0.2, -0.15) is 0 Å². The second-order valence-electron chi connectivity index (χ2n) is 8.15. The zero-order valence-corrected chi connectivity index (χ0v) is 20.7. The van der Waals surface area contributed by atoms with Crippen molar-refractivity contribution in [2.24, 2.45) is 0 Å². The summed E-state index contributed by atoms with van der Waals surface area (Å²) in [6.45, 7) is 13.2.